The highest BCUT2D eigenvalue weighted by atomic mass is 79.9. The van der Waals surface area contributed by atoms with Crippen molar-refractivity contribution >= 4 is 28.1 Å². The maximum absolute atomic E-state index is 12.1. The van der Waals surface area contributed by atoms with Gasteiger partial charge in [0, 0.05) is 10.0 Å². The minimum absolute atomic E-state index is 0.198. The van der Waals surface area contributed by atoms with E-state index in [0.717, 1.165) is 10.9 Å². The molecule has 1 rings (SSSR count). The zero-order chi connectivity index (χ0) is 15.3. The monoisotopic (exact) mass is 341 g/mol. The quantitative estimate of drug-likeness (QED) is 0.807. The standard InChI is InChI=1S/C15H20BrNO3/c1-5-15(3,4)17-14(19)10(2)20-13-7-6-12(16)8-11(13)9-18/h6-10H,5H2,1-4H3,(H,17,19). The molecule has 0 saturated heterocycles. The Balaban J connectivity index is 2.78. The lowest BCUT2D eigenvalue weighted by molar-refractivity contribution is -0.129. The van der Waals surface area contributed by atoms with Gasteiger partial charge in [0.05, 0.1) is 5.56 Å². The van der Waals surface area contributed by atoms with Crippen LogP contribution in [0.5, 0.6) is 5.75 Å². The molecule has 0 aliphatic heterocycles. The van der Waals surface area contributed by atoms with E-state index in [2.05, 4.69) is 21.2 Å². The van der Waals surface area contributed by atoms with E-state index in [0.29, 0.717) is 17.6 Å². The predicted octanol–water partition coefficient (Wildman–Crippen LogP) is 3.33. The molecule has 0 fully saturated rings. The molecule has 110 valence electrons. The van der Waals surface area contributed by atoms with Crippen molar-refractivity contribution in [3.05, 3.63) is 28.2 Å². The zero-order valence-corrected chi connectivity index (χ0v) is 13.8. The normalized spacial score (nSPS) is 12.7. The van der Waals surface area contributed by atoms with Crippen LogP contribution in [-0.4, -0.2) is 23.8 Å². The number of hydrogen-bond donors (Lipinski definition) is 1. The summed E-state index contributed by atoms with van der Waals surface area (Å²) in [5.41, 5.74) is 0.135. The Morgan fingerprint density at radius 1 is 1.50 bits per heavy atom. The Hall–Kier alpha value is -1.36. The maximum atomic E-state index is 12.1. The third-order valence-corrected chi connectivity index (χ3v) is 3.61. The van der Waals surface area contributed by atoms with Gasteiger partial charge in [-0.15, -0.1) is 0 Å². The SMILES string of the molecule is CCC(C)(C)NC(=O)C(C)Oc1ccc(Br)cc1C=O. The van der Waals surface area contributed by atoms with Gasteiger partial charge in [-0.25, -0.2) is 0 Å². The van der Waals surface area contributed by atoms with Gasteiger partial charge >= 0.3 is 0 Å². The summed E-state index contributed by atoms with van der Waals surface area (Å²) in [7, 11) is 0. The molecule has 0 radical (unpaired) electrons. The molecule has 0 aliphatic rings. The van der Waals surface area contributed by atoms with Gasteiger partial charge in [0.1, 0.15) is 5.75 Å². The maximum Gasteiger partial charge on any atom is 0.261 e. The van der Waals surface area contributed by atoms with Crippen LogP contribution >= 0.6 is 15.9 Å². The van der Waals surface area contributed by atoms with Crippen LogP contribution < -0.4 is 10.1 Å². The first-order valence-electron chi connectivity index (χ1n) is 6.52. The van der Waals surface area contributed by atoms with Gasteiger partial charge in [-0.1, -0.05) is 22.9 Å². The molecule has 1 aromatic rings. The van der Waals surface area contributed by atoms with Gasteiger partial charge in [-0.3, -0.25) is 9.59 Å². The fourth-order valence-corrected chi connectivity index (χ4v) is 1.87. The van der Waals surface area contributed by atoms with Crippen molar-refractivity contribution in [1.82, 2.24) is 5.32 Å². The van der Waals surface area contributed by atoms with Gasteiger partial charge < -0.3 is 10.1 Å². The van der Waals surface area contributed by atoms with E-state index in [9.17, 15) is 9.59 Å². The summed E-state index contributed by atoms with van der Waals surface area (Å²) in [6.45, 7) is 7.57. The molecule has 0 aliphatic carbocycles. The number of amides is 1. The highest BCUT2D eigenvalue weighted by Crippen LogP contribution is 2.23. The Labute approximate surface area is 128 Å². The van der Waals surface area contributed by atoms with E-state index >= 15 is 0 Å². The second-order valence-electron chi connectivity index (χ2n) is 5.29. The van der Waals surface area contributed by atoms with E-state index < -0.39 is 6.10 Å². The number of hydrogen-bond acceptors (Lipinski definition) is 3. The van der Waals surface area contributed by atoms with Gasteiger partial charge in [-0.05, 0) is 45.4 Å². The van der Waals surface area contributed by atoms with E-state index in [4.69, 9.17) is 4.74 Å². The molecule has 0 aromatic heterocycles. The van der Waals surface area contributed by atoms with Crippen molar-refractivity contribution in [3.8, 4) is 5.75 Å². The summed E-state index contributed by atoms with van der Waals surface area (Å²) < 4.78 is 6.37. The molecule has 5 heteroatoms. The summed E-state index contributed by atoms with van der Waals surface area (Å²) in [5.74, 6) is 0.205. The van der Waals surface area contributed by atoms with Crippen molar-refractivity contribution in [2.24, 2.45) is 0 Å². The van der Waals surface area contributed by atoms with Crippen LogP contribution in [0.15, 0.2) is 22.7 Å². The number of halogens is 1. The van der Waals surface area contributed by atoms with Crippen molar-refractivity contribution in [3.63, 3.8) is 0 Å². The second kappa shape index (κ2) is 6.88. The molecular weight excluding hydrogens is 322 g/mol. The molecule has 1 atom stereocenters. The molecule has 1 aromatic carbocycles. The predicted molar refractivity (Wildman–Crippen MR) is 82.1 cm³/mol. The summed E-state index contributed by atoms with van der Waals surface area (Å²) in [5, 5.41) is 2.91. The number of benzene rings is 1. The second-order valence-corrected chi connectivity index (χ2v) is 6.20. The fraction of sp³-hybridized carbons (Fsp3) is 0.467. The van der Waals surface area contributed by atoms with E-state index in [1.54, 1.807) is 25.1 Å². The van der Waals surface area contributed by atoms with Crippen LogP contribution in [0.1, 0.15) is 44.5 Å². The Morgan fingerprint density at radius 2 is 2.15 bits per heavy atom. The van der Waals surface area contributed by atoms with Crippen molar-refractivity contribution in [2.75, 3.05) is 0 Å². The molecule has 1 unspecified atom stereocenters. The number of rotatable bonds is 6. The molecule has 1 amide bonds. The average molecular weight is 342 g/mol. The minimum atomic E-state index is -0.666. The number of nitrogens with one attached hydrogen (secondary N) is 1. The first-order valence-corrected chi connectivity index (χ1v) is 7.32. The van der Waals surface area contributed by atoms with Crippen molar-refractivity contribution in [1.29, 1.82) is 0 Å². The fourth-order valence-electron chi connectivity index (χ4n) is 1.49. The van der Waals surface area contributed by atoms with Gasteiger partial charge in [-0.2, -0.15) is 0 Å². The molecule has 0 saturated carbocycles. The summed E-state index contributed by atoms with van der Waals surface area (Å²) >= 11 is 3.29. The van der Waals surface area contributed by atoms with E-state index in [-0.39, 0.29) is 11.4 Å². The van der Waals surface area contributed by atoms with Crippen LogP contribution in [-0.2, 0) is 4.79 Å². The molecular formula is C15H20BrNO3. The van der Waals surface area contributed by atoms with Crippen LogP contribution in [0.4, 0.5) is 0 Å². The Kier molecular flexibility index (Phi) is 5.74. The number of ether oxygens (including phenoxy) is 1. The van der Waals surface area contributed by atoms with Crippen LogP contribution in [0.2, 0.25) is 0 Å². The summed E-state index contributed by atoms with van der Waals surface area (Å²) in [6, 6.07) is 5.09. The molecule has 0 bridgehead atoms. The Bertz CT molecular complexity index is 500. The summed E-state index contributed by atoms with van der Waals surface area (Å²) in [6.07, 6.45) is 0.866. The van der Waals surface area contributed by atoms with Crippen LogP contribution in [0, 0.1) is 0 Å². The average Bonchev–Trinajstić information content (AvgIpc) is 2.40. The van der Waals surface area contributed by atoms with Crippen molar-refractivity contribution in [2.45, 2.75) is 45.8 Å². The first-order chi connectivity index (χ1) is 9.29. The smallest absolute Gasteiger partial charge is 0.261 e. The van der Waals surface area contributed by atoms with Gasteiger partial charge in [0.25, 0.3) is 5.91 Å². The topological polar surface area (TPSA) is 55.4 Å². The lowest BCUT2D eigenvalue weighted by Gasteiger charge is -2.26. The van der Waals surface area contributed by atoms with Gasteiger partial charge in [0.2, 0.25) is 0 Å². The van der Waals surface area contributed by atoms with Gasteiger partial charge in [0.15, 0.2) is 12.4 Å². The third-order valence-electron chi connectivity index (χ3n) is 3.12. The molecule has 4 nitrogen and oxygen atoms in total. The van der Waals surface area contributed by atoms with Crippen LogP contribution in [0.25, 0.3) is 0 Å². The molecule has 0 heterocycles. The zero-order valence-electron chi connectivity index (χ0n) is 12.2. The number of aldehydes is 1. The molecule has 20 heavy (non-hydrogen) atoms. The minimum Gasteiger partial charge on any atom is -0.480 e. The molecule has 1 N–H and O–H groups in total. The number of carbonyl (C=O) groups excluding carboxylic acids is 2. The summed E-state index contributed by atoms with van der Waals surface area (Å²) in [4.78, 5) is 23.1. The highest BCUT2D eigenvalue weighted by molar-refractivity contribution is 9.10. The van der Waals surface area contributed by atoms with Crippen molar-refractivity contribution < 1.29 is 14.3 Å². The van der Waals surface area contributed by atoms with Crippen LogP contribution in [0.3, 0.4) is 0 Å². The number of carbonyl (C=O) groups is 2. The lowest BCUT2D eigenvalue weighted by Crippen LogP contribution is -2.48. The highest BCUT2D eigenvalue weighted by Gasteiger charge is 2.23. The molecule has 0 spiro atoms. The van der Waals surface area contributed by atoms with E-state index in [1.165, 1.54) is 0 Å². The lowest BCUT2D eigenvalue weighted by atomic mass is 10.0. The largest absolute Gasteiger partial charge is 0.480 e. The first kappa shape index (κ1) is 16.7. The van der Waals surface area contributed by atoms with E-state index in [1.807, 2.05) is 20.8 Å². The Morgan fingerprint density at radius 3 is 2.70 bits per heavy atom. The third kappa shape index (κ3) is 4.63.